The van der Waals surface area contributed by atoms with Gasteiger partial charge in [-0.2, -0.15) is 0 Å². The molecule has 0 radical (unpaired) electrons. The number of carboxylic acid groups (broad SMARTS) is 1. The van der Waals surface area contributed by atoms with E-state index in [-0.39, 0.29) is 18.9 Å². The zero-order valence-corrected chi connectivity index (χ0v) is 10.9. The number of carbonyl (C=O) groups excluding carboxylic acids is 1. The molecular formula is C11H16N4O4. The van der Waals surface area contributed by atoms with E-state index in [2.05, 4.69) is 14.9 Å². The first-order valence-electron chi connectivity index (χ1n) is 5.98. The Morgan fingerprint density at radius 2 is 2.16 bits per heavy atom. The zero-order valence-electron chi connectivity index (χ0n) is 10.9. The molecule has 1 aliphatic rings. The number of hydrogen-bond acceptors (Lipinski definition) is 6. The van der Waals surface area contributed by atoms with Crippen molar-refractivity contribution < 1.29 is 19.3 Å². The number of hydrogen-bond donors (Lipinski definition) is 1. The van der Waals surface area contributed by atoms with E-state index in [4.69, 9.17) is 5.11 Å². The second kappa shape index (κ2) is 5.35. The number of rotatable bonds is 3. The minimum absolute atomic E-state index is 0.0887. The van der Waals surface area contributed by atoms with Crippen molar-refractivity contribution in [2.45, 2.75) is 19.4 Å². The van der Waals surface area contributed by atoms with Gasteiger partial charge in [0, 0.05) is 19.6 Å². The summed E-state index contributed by atoms with van der Waals surface area (Å²) < 4.78 is 4.54. The van der Waals surface area contributed by atoms with Crippen molar-refractivity contribution in [1.82, 2.24) is 20.1 Å². The van der Waals surface area contributed by atoms with Crippen molar-refractivity contribution in [1.29, 1.82) is 0 Å². The lowest BCUT2D eigenvalue weighted by Gasteiger charge is -2.37. The second-order valence-electron chi connectivity index (χ2n) is 4.65. The van der Waals surface area contributed by atoms with Gasteiger partial charge >= 0.3 is 5.97 Å². The monoisotopic (exact) mass is 268 g/mol. The number of amides is 1. The van der Waals surface area contributed by atoms with Crippen molar-refractivity contribution in [3.63, 3.8) is 0 Å². The Labute approximate surface area is 109 Å². The van der Waals surface area contributed by atoms with E-state index >= 15 is 0 Å². The predicted molar refractivity (Wildman–Crippen MR) is 63.4 cm³/mol. The Balaban J connectivity index is 2.00. The van der Waals surface area contributed by atoms with Crippen LogP contribution in [0.1, 0.15) is 11.4 Å². The van der Waals surface area contributed by atoms with Crippen LogP contribution in [0.2, 0.25) is 0 Å². The van der Waals surface area contributed by atoms with Crippen molar-refractivity contribution in [2.75, 3.05) is 26.7 Å². The maximum absolute atomic E-state index is 12.1. The molecule has 1 saturated heterocycles. The van der Waals surface area contributed by atoms with Gasteiger partial charge in [-0.3, -0.25) is 14.5 Å². The highest BCUT2D eigenvalue weighted by Gasteiger charge is 2.32. The fraction of sp³-hybridized carbons (Fsp3) is 0.636. The maximum atomic E-state index is 12.1. The van der Waals surface area contributed by atoms with Crippen LogP contribution in [0, 0.1) is 6.92 Å². The van der Waals surface area contributed by atoms with E-state index in [0.29, 0.717) is 24.5 Å². The summed E-state index contributed by atoms with van der Waals surface area (Å²) in [5, 5.41) is 16.4. The number of carbonyl (C=O) groups is 2. The lowest BCUT2D eigenvalue weighted by Crippen LogP contribution is -2.56. The number of piperazine rings is 1. The first kappa shape index (κ1) is 13.5. The average molecular weight is 268 g/mol. The molecule has 2 heterocycles. The zero-order chi connectivity index (χ0) is 14.0. The van der Waals surface area contributed by atoms with Gasteiger partial charge in [-0.1, -0.05) is 10.3 Å². The van der Waals surface area contributed by atoms with Crippen molar-refractivity contribution in [3.05, 3.63) is 11.4 Å². The van der Waals surface area contributed by atoms with E-state index in [1.807, 2.05) is 0 Å². The molecule has 19 heavy (non-hydrogen) atoms. The molecule has 0 spiro atoms. The van der Waals surface area contributed by atoms with Crippen LogP contribution < -0.4 is 0 Å². The van der Waals surface area contributed by atoms with Gasteiger partial charge in [0.2, 0.25) is 5.91 Å². The van der Waals surface area contributed by atoms with Crippen LogP contribution in [0.4, 0.5) is 0 Å². The predicted octanol–water partition coefficient (Wildman–Crippen LogP) is -0.852. The number of carboxylic acids is 1. The summed E-state index contributed by atoms with van der Waals surface area (Å²) in [5.41, 5.74) is 1.08. The van der Waals surface area contributed by atoms with Gasteiger partial charge in [0.15, 0.2) is 0 Å². The summed E-state index contributed by atoms with van der Waals surface area (Å²) in [6.45, 7) is 2.96. The Morgan fingerprint density at radius 1 is 1.42 bits per heavy atom. The number of aliphatic carboxylic acids is 1. The van der Waals surface area contributed by atoms with Crippen molar-refractivity contribution in [3.8, 4) is 0 Å². The molecule has 0 aliphatic carbocycles. The number of aryl methyl sites for hydroxylation is 1. The summed E-state index contributed by atoms with van der Waals surface area (Å²) in [6.07, 6.45) is 0.0887. The minimum Gasteiger partial charge on any atom is -0.480 e. The van der Waals surface area contributed by atoms with Crippen LogP contribution in [0.5, 0.6) is 0 Å². The molecule has 1 aromatic heterocycles. The third-order valence-corrected chi connectivity index (χ3v) is 3.35. The molecule has 104 valence electrons. The normalized spacial score (nSPS) is 20.5. The van der Waals surface area contributed by atoms with Gasteiger partial charge in [0.25, 0.3) is 0 Å². The van der Waals surface area contributed by atoms with Crippen molar-refractivity contribution >= 4 is 11.9 Å². The van der Waals surface area contributed by atoms with E-state index < -0.39 is 12.0 Å². The average Bonchev–Trinajstić information content (AvgIpc) is 2.75. The highest BCUT2D eigenvalue weighted by Crippen LogP contribution is 2.11. The summed E-state index contributed by atoms with van der Waals surface area (Å²) in [5.74, 6) is -1.07. The fourth-order valence-electron chi connectivity index (χ4n) is 2.03. The lowest BCUT2D eigenvalue weighted by molar-refractivity contribution is -0.147. The van der Waals surface area contributed by atoms with Gasteiger partial charge in [-0.25, -0.2) is 4.63 Å². The minimum atomic E-state index is -0.917. The third kappa shape index (κ3) is 2.90. The van der Waals surface area contributed by atoms with Crippen LogP contribution >= 0.6 is 0 Å². The van der Waals surface area contributed by atoms with E-state index in [9.17, 15) is 9.59 Å². The summed E-state index contributed by atoms with van der Waals surface area (Å²) in [4.78, 5) is 26.5. The second-order valence-corrected chi connectivity index (χ2v) is 4.65. The van der Waals surface area contributed by atoms with Crippen LogP contribution in [-0.2, 0) is 16.0 Å². The number of likely N-dealkylation sites (N-methyl/N-ethyl adjacent to an activating group) is 1. The molecule has 1 aliphatic heterocycles. The molecule has 2 rings (SSSR count). The largest absolute Gasteiger partial charge is 0.480 e. The summed E-state index contributed by atoms with van der Waals surface area (Å²) >= 11 is 0. The fourth-order valence-corrected chi connectivity index (χ4v) is 2.03. The SMILES string of the molecule is Cc1nonc1CC(=O)N1CCN(C)[C@@H](C(=O)O)C1. The van der Waals surface area contributed by atoms with Gasteiger partial charge in [0.1, 0.15) is 17.4 Å². The number of aromatic nitrogens is 2. The molecule has 0 saturated carbocycles. The Morgan fingerprint density at radius 3 is 2.74 bits per heavy atom. The molecule has 1 aromatic rings. The highest BCUT2D eigenvalue weighted by atomic mass is 16.6. The van der Waals surface area contributed by atoms with Gasteiger partial charge in [-0.15, -0.1) is 0 Å². The van der Waals surface area contributed by atoms with Crippen LogP contribution in [0.25, 0.3) is 0 Å². The quantitative estimate of drug-likeness (QED) is 0.762. The van der Waals surface area contributed by atoms with Crippen LogP contribution in [0.3, 0.4) is 0 Å². The number of nitrogens with zero attached hydrogens (tertiary/aromatic N) is 4. The van der Waals surface area contributed by atoms with E-state index in [0.717, 1.165) is 0 Å². The third-order valence-electron chi connectivity index (χ3n) is 3.35. The van der Waals surface area contributed by atoms with Crippen LogP contribution in [-0.4, -0.2) is 69.8 Å². The summed E-state index contributed by atoms with van der Waals surface area (Å²) in [6, 6.07) is -0.658. The first-order chi connectivity index (χ1) is 8.99. The standard InChI is InChI=1S/C11H16N4O4/c1-7-8(13-19-12-7)5-10(16)15-4-3-14(2)9(6-15)11(17)18/h9H,3-6H2,1-2H3,(H,17,18)/t9-/m1/s1. The molecule has 0 bridgehead atoms. The van der Waals surface area contributed by atoms with Gasteiger partial charge < -0.3 is 10.0 Å². The molecule has 8 heteroatoms. The Hall–Kier alpha value is -1.96. The molecule has 1 N–H and O–H groups in total. The smallest absolute Gasteiger partial charge is 0.322 e. The molecule has 0 aromatic carbocycles. The lowest BCUT2D eigenvalue weighted by atomic mass is 10.1. The van der Waals surface area contributed by atoms with Gasteiger partial charge in [0.05, 0.1) is 6.42 Å². The maximum Gasteiger partial charge on any atom is 0.322 e. The highest BCUT2D eigenvalue weighted by molar-refractivity contribution is 5.80. The molecular weight excluding hydrogens is 252 g/mol. The molecule has 8 nitrogen and oxygen atoms in total. The molecule has 1 amide bonds. The molecule has 0 unspecified atom stereocenters. The van der Waals surface area contributed by atoms with E-state index in [1.165, 1.54) is 0 Å². The first-order valence-corrected chi connectivity index (χ1v) is 5.98. The summed E-state index contributed by atoms with van der Waals surface area (Å²) in [7, 11) is 1.74. The van der Waals surface area contributed by atoms with Crippen molar-refractivity contribution in [2.24, 2.45) is 0 Å². The Bertz CT molecular complexity index is 487. The topological polar surface area (TPSA) is 99.8 Å². The molecule has 1 fully saturated rings. The van der Waals surface area contributed by atoms with Crippen LogP contribution in [0.15, 0.2) is 4.63 Å². The Kier molecular flexibility index (Phi) is 3.79. The van der Waals surface area contributed by atoms with Gasteiger partial charge in [-0.05, 0) is 14.0 Å². The van der Waals surface area contributed by atoms with E-state index in [1.54, 1.807) is 23.8 Å². The molecule has 1 atom stereocenters.